The highest BCUT2D eigenvalue weighted by atomic mass is 32.2. The zero-order valence-electron chi connectivity index (χ0n) is 16.1. The van der Waals surface area contributed by atoms with Gasteiger partial charge in [0, 0.05) is 24.3 Å². The van der Waals surface area contributed by atoms with Gasteiger partial charge in [-0.3, -0.25) is 4.79 Å². The van der Waals surface area contributed by atoms with Crippen molar-refractivity contribution in [2.24, 2.45) is 0 Å². The van der Waals surface area contributed by atoms with E-state index in [1.54, 1.807) is 0 Å². The Labute approximate surface area is 164 Å². The lowest BCUT2D eigenvalue weighted by atomic mass is 9.87. The molecule has 0 bridgehead atoms. The van der Waals surface area contributed by atoms with E-state index in [4.69, 9.17) is 5.73 Å². The molecule has 4 rings (SSSR count). The first-order valence-electron chi connectivity index (χ1n) is 9.52. The third-order valence-corrected chi connectivity index (χ3v) is 6.96. The second kappa shape index (κ2) is 6.89. The van der Waals surface area contributed by atoms with Crippen LogP contribution in [0, 0.1) is 0 Å². The van der Waals surface area contributed by atoms with Crippen LogP contribution in [0.1, 0.15) is 46.4 Å². The van der Waals surface area contributed by atoms with Crippen molar-refractivity contribution in [1.82, 2.24) is 14.1 Å². The molecule has 1 atom stereocenters. The molecule has 0 aliphatic carbocycles. The number of nitrogen functional groups attached to an aromatic ring is 1. The third-order valence-electron chi connectivity index (χ3n) is 5.71. The monoisotopic (exact) mass is 403 g/mol. The molecule has 8 nitrogen and oxygen atoms in total. The maximum atomic E-state index is 13.5. The number of aryl methyl sites for hydroxylation is 1. The smallest absolute Gasteiger partial charge is 0.254 e. The molecule has 0 radical (unpaired) electrons. The van der Waals surface area contributed by atoms with Crippen LogP contribution in [0.2, 0.25) is 0 Å². The molecule has 2 aliphatic heterocycles. The van der Waals surface area contributed by atoms with Crippen molar-refractivity contribution in [3.8, 4) is 0 Å². The van der Waals surface area contributed by atoms with Gasteiger partial charge in [0.1, 0.15) is 5.82 Å². The molecule has 2 aliphatic rings. The predicted molar refractivity (Wildman–Crippen MR) is 108 cm³/mol. The van der Waals surface area contributed by atoms with Crippen molar-refractivity contribution in [2.45, 2.75) is 38.6 Å². The molecule has 0 fully saturated rings. The summed E-state index contributed by atoms with van der Waals surface area (Å²) in [7, 11) is -3.35. The van der Waals surface area contributed by atoms with Gasteiger partial charge in [0.05, 0.1) is 24.4 Å². The molecule has 1 aromatic heterocycles. The minimum atomic E-state index is -3.35. The Morgan fingerprint density at radius 3 is 2.89 bits per heavy atom. The predicted octanol–water partition coefficient (Wildman–Crippen LogP) is 1.58. The lowest BCUT2D eigenvalue weighted by molar-refractivity contribution is 0.0850. The van der Waals surface area contributed by atoms with Crippen LogP contribution in [-0.2, 0) is 29.4 Å². The number of hydrogen-bond donors (Lipinski definition) is 2. The summed E-state index contributed by atoms with van der Waals surface area (Å²) in [4.78, 5) is 13.5. The van der Waals surface area contributed by atoms with E-state index in [-0.39, 0.29) is 18.4 Å². The molecule has 0 amide bonds. The molecule has 1 unspecified atom stereocenters. The van der Waals surface area contributed by atoms with E-state index in [1.165, 1.54) is 20.8 Å². The second-order valence-corrected chi connectivity index (χ2v) is 9.39. The molecular formula is C19H25N5O3S. The maximum Gasteiger partial charge on any atom is 0.254 e. The Hall–Kier alpha value is -2.39. The number of carbonyl (C=O) groups is 1. The standard InChI is InChI=1S/C19H25N5O3S/c1-3-12-5-4-6-13-14(7-9-21-17(12)13)19(25)24-16-11-23(28(2,26)27)10-8-15(16)18(20)22-24/h4-6,14,21H,3,7-11H2,1-2H3,(H2,20,22). The van der Waals surface area contributed by atoms with Crippen molar-refractivity contribution in [3.05, 3.63) is 40.6 Å². The molecule has 3 N–H and O–H groups in total. The van der Waals surface area contributed by atoms with Crippen LogP contribution in [0.25, 0.3) is 0 Å². The van der Waals surface area contributed by atoms with E-state index >= 15 is 0 Å². The van der Waals surface area contributed by atoms with Crippen molar-refractivity contribution in [3.63, 3.8) is 0 Å². The van der Waals surface area contributed by atoms with Crippen molar-refractivity contribution < 1.29 is 13.2 Å². The first-order valence-corrected chi connectivity index (χ1v) is 11.4. The van der Waals surface area contributed by atoms with Crippen LogP contribution in [0.4, 0.5) is 11.5 Å². The SMILES string of the molecule is CCc1cccc2c1NCCC2C(=O)n1nc(N)c2c1CN(S(C)(=O)=O)CC2. The molecule has 0 spiro atoms. The summed E-state index contributed by atoms with van der Waals surface area (Å²) in [6.45, 7) is 3.27. The fourth-order valence-corrected chi connectivity index (χ4v) is 4.99. The van der Waals surface area contributed by atoms with E-state index in [0.717, 1.165) is 23.2 Å². The van der Waals surface area contributed by atoms with Gasteiger partial charge in [-0.05, 0) is 30.4 Å². The lowest BCUT2D eigenvalue weighted by Crippen LogP contribution is -2.37. The number of aromatic nitrogens is 2. The zero-order valence-corrected chi connectivity index (χ0v) is 16.9. The van der Waals surface area contributed by atoms with Gasteiger partial charge in [-0.15, -0.1) is 5.10 Å². The number of benzene rings is 1. The van der Waals surface area contributed by atoms with Gasteiger partial charge in [-0.2, -0.15) is 4.31 Å². The number of anilines is 2. The minimum absolute atomic E-state index is 0.122. The van der Waals surface area contributed by atoms with Gasteiger partial charge in [0.2, 0.25) is 10.0 Å². The number of rotatable bonds is 3. The van der Waals surface area contributed by atoms with E-state index in [0.29, 0.717) is 37.4 Å². The first kappa shape index (κ1) is 18.9. The summed E-state index contributed by atoms with van der Waals surface area (Å²) in [5.41, 5.74) is 10.6. The van der Waals surface area contributed by atoms with E-state index < -0.39 is 10.0 Å². The topological polar surface area (TPSA) is 110 Å². The summed E-state index contributed by atoms with van der Waals surface area (Å²) >= 11 is 0. The van der Waals surface area contributed by atoms with Crippen molar-refractivity contribution in [1.29, 1.82) is 0 Å². The van der Waals surface area contributed by atoms with E-state index in [2.05, 4.69) is 23.4 Å². The molecule has 9 heteroatoms. The molecule has 2 aromatic rings. The Morgan fingerprint density at radius 1 is 1.39 bits per heavy atom. The van der Waals surface area contributed by atoms with Crippen molar-refractivity contribution >= 4 is 27.4 Å². The Morgan fingerprint density at radius 2 is 2.18 bits per heavy atom. The number of nitrogens with one attached hydrogen (secondary N) is 1. The average molecular weight is 404 g/mol. The lowest BCUT2D eigenvalue weighted by Gasteiger charge is -2.29. The van der Waals surface area contributed by atoms with Crippen LogP contribution >= 0.6 is 0 Å². The van der Waals surface area contributed by atoms with Gasteiger partial charge in [0.25, 0.3) is 5.91 Å². The van der Waals surface area contributed by atoms with Crippen molar-refractivity contribution in [2.75, 3.05) is 30.4 Å². The average Bonchev–Trinajstić information content (AvgIpc) is 3.02. The zero-order chi connectivity index (χ0) is 20.1. The molecule has 1 aromatic carbocycles. The summed E-state index contributed by atoms with van der Waals surface area (Å²) in [5.74, 6) is -0.174. The fourth-order valence-electron chi connectivity index (χ4n) is 4.21. The summed E-state index contributed by atoms with van der Waals surface area (Å²) in [6, 6.07) is 6.02. The third kappa shape index (κ3) is 3.08. The maximum absolute atomic E-state index is 13.5. The number of nitrogens with two attached hydrogens (primary N) is 1. The summed E-state index contributed by atoms with van der Waals surface area (Å²) < 4.78 is 26.7. The van der Waals surface area contributed by atoms with Crippen LogP contribution in [-0.4, -0.2) is 47.8 Å². The highest BCUT2D eigenvalue weighted by molar-refractivity contribution is 7.88. The fraction of sp³-hybridized carbons (Fsp3) is 0.474. The normalized spacial score (nSPS) is 19.6. The van der Waals surface area contributed by atoms with Crippen LogP contribution in [0.15, 0.2) is 18.2 Å². The number of carbonyl (C=O) groups excluding carboxylic acids is 1. The first-order chi connectivity index (χ1) is 13.3. The Kier molecular flexibility index (Phi) is 4.67. The van der Waals surface area contributed by atoms with Gasteiger partial charge in [-0.1, -0.05) is 25.1 Å². The molecule has 150 valence electrons. The molecular weight excluding hydrogens is 378 g/mol. The van der Waals surface area contributed by atoms with Gasteiger partial charge in [0.15, 0.2) is 0 Å². The number of nitrogens with zero attached hydrogens (tertiary/aromatic N) is 3. The quantitative estimate of drug-likeness (QED) is 0.805. The number of fused-ring (bicyclic) bond motifs is 2. The molecule has 28 heavy (non-hydrogen) atoms. The number of sulfonamides is 1. The molecule has 0 saturated heterocycles. The van der Waals surface area contributed by atoms with Gasteiger partial charge < -0.3 is 11.1 Å². The van der Waals surface area contributed by atoms with Crippen LogP contribution in [0.5, 0.6) is 0 Å². The highest BCUT2D eigenvalue weighted by Crippen LogP contribution is 2.36. The van der Waals surface area contributed by atoms with E-state index in [1.807, 2.05) is 12.1 Å². The van der Waals surface area contributed by atoms with Crippen LogP contribution < -0.4 is 11.1 Å². The highest BCUT2D eigenvalue weighted by Gasteiger charge is 2.34. The Bertz CT molecular complexity index is 1040. The molecule has 3 heterocycles. The molecule has 0 saturated carbocycles. The van der Waals surface area contributed by atoms with Gasteiger partial charge in [-0.25, -0.2) is 13.1 Å². The largest absolute Gasteiger partial charge is 0.385 e. The summed E-state index contributed by atoms with van der Waals surface area (Å²) in [5, 5.41) is 7.72. The summed E-state index contributed by atoms with van der Waals surface area (Å²) in [6.07, 6.45) is 3.18. The van der Waals surface area contributed by atoms with E-state index in [9.17, 15) is 13.2 Å². The van der Waals surface area contributed by atoms with Crippen LogP contribution in [0.3, 0.4) is 0 Å². The number of para-hydroxylation sites is 1. The van der Waals surface area contributed by atoms with Gasteiger partial charge >= 0.3 is 0 Å². The Balaban J connectivity index is 1.74. The minimum Gasteiger partial charge on any atom is -0.385 e. The second-order valence-electron chi connectivity index (χ2n) is 7.41. The number of hydrogen-bond acceptors (Lipinski definition) is 6.